The van der Waals surface area contributed by atoms with E-state index in [2.05, 4.69) is 35.2 Å². The first-order valence-corrected chi connectivity index (χ1v) is 6.99. The van der Waals surface area contributed by atoms with Gasteiger partial charge >= 0.3 is 0 Å². The lowest BCUT2D eigenvalue weighted by Gasteiger charge is -2.23. The molecule has 96 valence electrons. The zero-order chi connectivity index (χ0) is 12.8. The van der Waals surface area contributed by atoms with Gasteiger partial charge in [0, 0.05) is 19.3 Å². The summed E-state index contributed by atoms with van der Waals surface area (Å²) in [5.74, 6) is 0.775. The van der Waals surface area contributed by atoms with Crippen LogP contribution in [0.5, 0.6) is 0 Å². The van der Waals surface area contributed by atoms with Gasteiger partial charge in [0.25, 0.3) is 0 Å². The van der Waals surface area contributed by atoms with Crippen LogP contribution in [0.3, 0.4) is 0 Å². The van der Waals surface area contributed by atoms with Crippen LogP contribution in [0, 0.1) is 11.3 Å². The van der Waals surface area contributed by atoms with Crippen LogP contribution >= 0.6 is 0 Å². The fourth-order valence-electron chi connectivity index (χ4n) is 2.78. The van der Waals surface area contributed by atoms with E-state index in [1.807, 2.05) is 7.05 Å². The third-order valence-electron chi connectivity index (χ3n) is 3.97. The quantitative estimate of drug-likeness (QED) is 0.795. The van der Waals surface area contributed by atoms with Gasteiger partial charge in [-0.1, -0.05) is 31.4 Å². The molecule has 0 aromatic heterocycles. The van der Waals surface area contributed by atoms with E-state index in [-0.39, 0.29) is 0 Å². The van der Waals surface area contributed by atoms with E-state index < -0.39 is 0 Å². The summed E-state index contributed by atoms with van der Waals surface area (Å²) >= 11 is 0. The minimum Gasteiger partial charge on any atom is -0.374 e. The van der Waals surface area contributed by atoms with Crippen molar-refractivity contribution in [1.29, 1.82) is 5.26 Å². The summed E-state index contributed by atoms with van der Waals surface area (Å²) in [6.45, 7) is 0.805. The Bertz CT molecular complexity index is 396. The Balaban J connectivity index is 1.98. The number of rotatable bonds is 4. The number of hydrogen-bond donors (Lipinski definition) is 0. The summed E-state index contributed by atoms with van der Waals surface area (Å²) in [7, 11) is 2.05. The lowest BCUT2D eigenvalue weighted by molar-refractivity contribution is 0.443. The molecule has 1 aliphatic carbocycles. The van der Waals surface area contributed by atoms with Crippen molar-refractivity contribution in [2.75, 3.05) is 18.5 Å². The zero-order valence-electron chi connectivity index (χ0n) is 11.2. The van der Waals surface area contributed by atoms with Gasteiger partial charge in [-0.3, -0.25) is 0 Å². The second-order valence-electron chi connectivity index (χ2n) is 5.26. The molecule has 0 bridgehead atoms. The van der Waals surface area contributed by atoms with E-state index >= 15 is 0 Å². The molecule has 0 aliphatic heterocycles. The second-order valence-corrected chi connectivity index (χ2v) is 5.26. The van der Waals surface area contributed by atoms with Gasteiger partial charge in [-0.25, -0.2) is 0 Å². The smallest absolute Gasteiger partial charge is 0.0640 e. The van der Waals surface area contributed by atoms with Crippen LogP contribution in [-0.2, 0) is 0 Å². The van der Waals surface area contributed by atoms with Crippen LogP contribution in [-0.4, -0.2) is 13.6 Å². The zero-order valence-corrected chi connectivity index (χ0v) is 11.2. The Hall–Kier alpha value is -1.49. The molecule has 18 heavy (non-hydrogen) atoms. The van der Waals surface area contributed by atoms with E-state index in [4.69, 9.17) is 5.26 Å². The molecule has 0 spiro atoms. The monoisotopic (exact) mass is 242 g/mol. The van der Waals surface area contributed by atoms with Gasteiger partial charge in [0.05, 0.1) is 12.5 Å². The normalized spacial score (nSPS) is 16.2. The molecule has 2 heteroatoms. The van der Waals surface area contributed by atoms with Crippen LogP contribution in [0.2, 0.25) is 0 Å². The summed E-state index contributed by atoms with van der Waals surface area (Å²) in [5.41, 5.74) is 2.71. The van der Waals surface area contributed by atoms with Gasteiger partial charge in [0.1, 0.15) is 0 Å². The van der Waals surface area contributed by atoms with Gasteiger partial charge in [-0.2, -0.15) is 5.26 Å². The van der Waals surface area contributed by atoms with Crippen molar-refractivity contribution in [1.82, 2.24) is 0 Å². The molecule has 1 aromatic rings. The fourth-order valence-corrected chi connectivity index (χ4v) is 2.78. The predicted molar refractivity (Wildman–Crippen MR) is 75.8 cm³/mol. The Kier molecular flexibility index (Phi) is 4.64. The maximum Gasteiger partial charge on any atom is 0.0640 e. The summed E-state index contributed by atoms with van der Waals surface area (Å²) in [4.78, 5) is 2.15. The van der Waals surface area contributed by atoms with Crippen LogP contribution in [0.25, 0.3) is 0 Å². The molecule has 1 saturated carbocycles. The third kappa shape index (κ3) is 3.26. The summed E-state index contributed by atoms with van der Waals surface area (Å²) in [5, 5.41) is 8.60. The van der Waals surface area contributed by atoms with E-state index in [1.165, 1.54) is 43.4 Å². The van der Waals surface area contributed by atoms with Gasteiger partial charge in [-0.05, 0) is 36.5 Å². The third-order valence-corrected chi connectivity index (χ3v) is 3.97. The van der Waals surface area contributed by atoms with Crippen molar-refractivity contribution in [3.8, 4) is 6.07 Å². The van der Waals surface area contributed by atoms with E-state index in [1.54, 1.807) is 0 Å². The van der Waals surface area contributed by atoms with Crippen molar-refractivity contribution >= 4 is 5.69 Å². The number of nitrogens with zero attached hydrogens (tertiary/aromatic N) is 2. The first-order chi connectivity index (χ1) is 8.81. The fraction of sp³-hybridized carbons (Fsp3) is 0.562. The molecule has 1 aromatic carbocycles. The molecule has 0 atom stereocenters. The Morgan fingerprint density at radius 1 is 1.17 bits per heavy atom. The van der Waals surface area contributed by atoms with Gasteiger partial charge in [-0.15, -0.1) is 0 Å². The molecule has 0 saturated heterocycles. The Morgan fingerprint density at radius 2 is 1.83 bits per heavy atom. The standard InChI is InChI=1S/C16H22N2/c1-18(13-5-12-17)16-10-8-15(9-11-16)14-6-3-2-4-7-14/h8-11,14H,2-7,13H2,1H3. The summed E-state index contributed by atoms with van der Waals surface area (Å²) in [6, 6.07) is 11.1. The number of hydrogen-bond acceptors (Lipinski definition) is 2. The van der Waals surface area contributed by atoms with Crippen molar-refractivity contribution in [2.24, 2.45) is 0 Å². The van der Waals surface area contributed by atoms with Crippen LogP contribution in [0.4, 0.5) is 5.69 Å². The van der Waals surface area contributed by atoms with Crippen molar-refractivity contribution in [3.05, 3.63) is 29.8 Å². The molecule has 1 aliphatic rings. The molecular formula is C16H22N2. The van der Waals surface area contributed by atoms with Gasteiger partial charge in [0.15, 0.2) is 0 Å². The number of benzene rings is 1. The molecule has 2 nitrogen and oxygen atoms in total. The molecule has 0 N–H and O–H groups in total. The highest BCUT2D eigenvalue weighted by molar-refractivity contribution is 5.47. The molecule has 0 unspecified atom stereocenters. The highest BCUT2D eigenvalue weighted by Crippen LogP contribution is 2.33. The molecule has 2 rings (SSSR count). The maximum atomic E-state index is 8.60. The van der Waals surface area contributed by atoms with Crippen molar-refractivity contribution in [3.63, 3.8) is 0 Å². The molecule has 1 fully saturated rings. The predicted octanol–water partition coefficient (Wildman–Crippen LogP) is 4.08. The van der Waals surface area contributed by atoms with Gasteiger partial charge in [0.2, 0.25) is 0 Å². The average Bonchev–Trinajstić information content (AvgIpc) is 2.46. The maximum absolute atomic E-state index is 8.60. The summed E-state index contributed by atoms with van der Waals surface area (Å²) < 4.78 is 0. The first-order valence-electron chi connectivity index (χ1n) is 6.99. The lowest BCUT2D eigenvalue weighted by atomic mass is 9.84. The SMILES string of the molecule is CN(CCC#N)c1ccc(C2CCCCC2)cc1. The van der Waals surface area contributed by atoms with Crippen LogP contribution in [0.1, 0.15) is 50.0 Å². The number of nitriles is 1. The molecule has 0 heterocycles. The van der Waals surface area contributed by atoms with Crippen LogP contribution in [0.15, 0.2) is 24.3 Å². The van der Waals surface area contributed by atoms with Crippen LogP contribution < -0.4 is 4.90 Å². The minimum atomic E-state index is 0.584. The van der Waals surface area contributed by atoms with Crippen molar-refractivity contribution in [2.45, 2.75) is 44.4 Å². The van der Waals surface area contributed by atoms with Crippen molar-refractivity contribution < 1.29 is 0 Å². The topological polar surface area (TPSA) is 27.0 Å². The average molecular weight is 242 g/mol. The molecular weight excluding hydrogens is 220 g/mol. The summed E-state index contributed by atoms with van der Waals surface area (Å²) in [6.07, 6.45) is 7.46. The van der Waals surface area contributed by atoms with E-state index in [9.17, 15) is 0 Å². The minimum absolute atomic E-state index is 0.584. The second kappa shape index (κ2) is 6.44. The largest absolute Gasteiger partial charge is 0.374 e. The van der Waals surface area contributed by atoms with E-state index in [0.717, 1.165) is 12.5 Å². The first kappa shape index (κ1) is 13.0. The highest BCUT2D eigenvalue weighted by Gasteiger charge is 2.15. The number of anilines is 1. The highest BCUT2D eigenvalue weighted by atomic mass is 15.1. The molecule has 0 amide bonds. The Morgan fingerprint density at radius 3 is 2.44 bits per heavy atom. The lowest BCUT2D eigenvalue weighted by Crippen LogP contribution is -2.18. The van der Waals surface area contributed by atoms with Gasteiger partial charge < -0.3 is 4.90 Å². The molecule has 0 radical (unpaired) electrons. The van der Waals surface area contributed by atoms with E-state index in [0.29, 0.717) is 6.42 Å². The Labute approximate surface area is 110 Å².